The van der Waals surface area contributed by atoms with Crippen molar-refractivity contribution in [2.75, 3.05) is 25.4 Å². The highest BCUT2D eigenvalue weighted by Crippen LogP contribution is 2.29. The van der Waals surface area contributed by atoms with Crippen LogP contribution < -0.4 is 0 Å². The fourth-order valence-corrected chi connectivity index (χ4v) is 5.95. The van der Waals surface area contributed by atoms with Crippen LogP contribution in [0.15, 0.2) is 90.1 Å². The molecule has 2 heterocycles. The average Bonchev–Trinajstić information content (AvgIpc) is 3.41. The number of aryl methyl sites for hydroxylation is 1. The molecule has 1 atom stereocenters. The largest absolute Gasteiger partial charge is 0.339 e. The molecule has 1 unspecified atom stereocenters. The van der Waals surface area contributed by atoms with Crippen LogP contribution in [-0.4, -0.2) is 67.8 Å². The Morgan fingerprint density at radius 2 is 1.57 bits per heavy atom. The lowest BCUT2D eigenvalue weighted by Gasteiger charge is -2.40. The number of amides is 2. The van der Waals surface area contributed by atoms with E-state index in [-0.39, 0.29) is 17.9 Å². The number of carbonyl (C=O) groups is 2. The summed E-state index contributed by atoms with van der Waals surface area (Å²) in [5.74, 6) is 1.87. The van der Waals surface area contributed by atoms with E-state index in [0.29, 0.717) is 31.6 Å². The summed E-state index contributed by atoms with van der Waals surface area (Å²) in [6.45, 7) is 5.82. The number of piperazine rings is 1. The van der Waals surface area contributed by atoms with Crippen LogP contribution in [0.2, 0.25) is 0 Å². The van der Waals surface area contributed by atoms with Crippen molar-refractivity contribution in [2.24, 2.45) is 0 Å². The highest BCUT2D eigenvalue weighted by Gasteiger charge is 2.30. The minimum Gasteiger partial charge on any atom is -0.339 e. The lowest BCUT2D eigenvalue weighted by molar-refractivity contribution is -0.133. The van der Waals surface area contributed by atoms with E-state index in [1.807, 2.05) is 65.3 Å². The first kappa shape index (κ1) is 27.6. The Morgan fingerprint density at radius 1 is 0.875 bits per heavy atom. The molecule has 5 rings (SSSR count). The van der Waals surface area contributed by atoms with Crippen LogP contribution in [0.25, 0.3) is 17.1 Å². The Hall–Kier alpha value is -3.91. The van der Waals surface area contributed by atoms with Crippen molar-refractivity contribution in [2.45, 2.75) is 44.3 Å². The zero-order valence-corrected chi connectivity index (χ0v) is 23.9. The van der Waals surface area contributed by atoms with Crippen molar-refractivity contribution in [1.29, 1.82) is 0 Å². The van der Waals surface area contributed by atoms with Crippen molar-refractivity contribution < 1.29 is 9.59 Å². The van der Waals surface area contributed by atoms with Gasteiger partial charge in [-0.1, -0.05) is 78.0 Å². The predicted molar refractivity (Wildman–Crippen MR) is 160 cm³/mol. The minimum atomic E-state index is -0.00645. The lowest BCUT2D eigenvalue weighted by atomic mass is 10.1. The van der Waals surface area contributed by atoms with Gasteiger partial charge in [0.2, 0.25) is 5.91 Å². The van der Waals surface area contributed by atoms with Gasteiger partial charge in [0.25, 0.3) is 5.91 Å². The predicted octanol–water partition coefficient (Wildman–Crippen LogP) is 5.88. The first-order chi connectivity index (χ1) is 19.5. The molecule has 1 aliphatic heterocycles. The van der Waals surface area contributed by atoms with Gasteiger partial charge in [-0.2, -0.15) is 0 Å². The number of aromatic nitrogens is 3. The summed E-state index contributed by atoms with van der Waals surface area (Å²) in [4.78, 5) is 29.6. The number of unbranched alkanes of at least 4 members (excludes halogenated alkanes) is 1. The second kappa shape index (κ2) is 13.0. The van der Waals surface area contributed by atoms with Crippen LogP contribution >= 0.6 is 11.8 Å². The molecule has 206 valence electrons. The second-order valence-corrected chi connectivity index (χ2v) is 11.3. The highest BCUT2D eigenvalue weighted by molar-refractivity contribution is 7.99. The second-order valence-electron chi connectivity index (χ2n) is 10.2. The number of benzene rings is 3. The van der Waals surface area contributed by atoms with Crippen molar-refractivity contribution in [1.82, 2.24) is 24.6 Å². The van der Waals surface area contributed by atoms with Crippen LogP contribution in [0, 0.1) is 6.92 Å². The molecule has 0 saturated carbocycles. The van der Waals surface area contributed by atoms with E-state index in [2.05, 4.69) is 58.1 Å². The van der Waals surface area contributed by atoms with E-state index in [4.69, 9.17) is 0 Å². The number of thioether (sulfide) groups is 1. The van der Waals surface area contributed by atoms with E-state index < -0.39 is 0 Å². The van der Waals surface area contributed by atoms with Gasteiger partial charge in [0, 0.05) is 54.7 Å². The quantitative estimate of drug-likeness (QED) is 0.191. The molecule has 4 aromatic rings. The zero-order valence-electron chi connectivity index (χ0n) is 23.1. The molecule has 1 aromatic heterocycles. The SMILES string of the molecule is Cc1ccc(-c2nnc(SCCCCC(=O)N3CCN(C(=O)c4ccccc4)C(C)C3)n2-c2ccccc2)cc1. The molecule has 0 aliphatic carbocycles. The van der Waals surface area contributed by atoms with Gasteiger partial charge in [-0.3, -0.25) is 14.2 Å². The fraction of sp³-hybridized carbons (Fsp3) is 0.312. The van der Waals surface area contributed by atoms with E-state index >= 15 is 0 Å². The summed E-state index contributed by atoms with van der Waals surface area (Å²) in [5.41, 5.74) is 3.95. The van der Waals surface area contributed by atoms with E-state index in [0.717, 1.165) is 40.8 Å². The average molecular weight is 554 g/mol. The van der Waals surface area contributed by atoms with Gasteiger partial charge in [0.1, 0.15) is 0 Å². The summed E-state index contributed by atoms with van der Waals surface area (Å²) < 4.78 is 2.11. The van der Waals surface area contributed by atoms with Crippen LogP contribution in [0.3, 0.4) is 0 Å². The monoisotopic (exact) mass is 553 g/mol. The summed E-state index contributed by atoms with van der Waals surface area (Å²) in [7, 11) is 0. The molecule has 8 heteroatoms. The zero-order chi connectivity index (χ0) is 27.9. The van der Waals surface area contributed by atoms with E-state index in [1.54, 1.807) is 11.8 Å². The Bertz CT molecular complexity index is 1420. The van der Waals surface area contributed by atoms with Crippen molar-refractivity contribution >= 4 is 23.6 Å². The molecule has 7 nitrogen and oxygen atoms in total. The van der Waals surface area contributed by atoms with Crippen LogP contribution in [-0.2, 0) is 4.79 Å². The number of nitrogens with zero attached hydrogens (tertiary/aromatic N) is 5. The summed E-state index contributed by atoms with van der Waals surface area (Å²) in [6, 6.07) is 27.9. The van der Waals surface area contributed by atoms with Gasteiger partial charge < -0.3 is 9.80 Å². The summed E-state index contributed by atoms with van der Waals surface area (Å²) in [6.07, 6.45) is 2.23. The molecule has 0 radical (unpaired) electrons. The molecular weight excluding hydrogens is 518 g/mol. The normalized spacial score (nSPS) is 15.3. The van der Waals surface area contributed by atoms with E-state index in [9.17, 15) is 9.59 Å². The van der Waals surface area contributed by atoms with Crippen LogP contribution in [0.4, 0.5) is 0 Å². The lowest BCUT2D eigenvalue weighted by Crippen LogP contribution is -2.55. The standard InChI is InChI=1S/C32H35N5O2S/c1-24-16-18-26(19-17-24)30-33-34-32(37(30)28-13-7-4-8-14-28)40-22-10-9-15-29(38)35-20-21-36(25(2)23-35)31(39)27-11-5-3-6-12-27/h3-8,11-14,16-19,25H,9-10,15,20-23H2,1-2H3. The molecule has 0 bridgehead atoms. The van der Waals surface area contributed by atoms with Crippen LogP contribution in [0.1, 0.15) is 42.1 Å². The third-order valence-corrected chi connectivity index (χ3v) is 8.25. The first-order valence-corrected chi connectivity index (χ1v) is 14.8. The van der Waals surface area contributed by atoms with Gasteiger partial charge in [0.15, 0.2) is 11.0 Å². The topological polar surface area (TPSA) is 71.3 Å². The van der Waals surface area contributed by atoms with Crippen molar-refractivity contribution in [3.05, 3.63) is 96.1 Å². The highest BCUT2D eigenvalue weighted by atomic mass is 32.2. The molecule has 2 amide bonds. The molecule has 0 N–H and O–H groups in total. The molecule has 1 aliphatic rings. The Morgan fingerprint density at radius 3 is 2.27 bits per heavy atom. The van der Waals surface area contributed by atoms with Gasteiger partial charge in [-0.05, 0) is 51.0 Å². The van der Waals surface area contributed by atoms with Gasteiger partial charge >= 0.3 is 0 Å². The molecule has 40 heavy (non-hydrogen) atoms. The minimum absolute atomic E-state index is 0.00645. The third-order valence-electron chi connectivity index (χ3n) is 7.24. The van der Waals surface area contributed by atoms with Crippen molar-refractivity contribution in [3.8, 4) is 17.1 Å². The first-order valence-electron chi connectivity index (χ1n) is 13.9. The number of carbonyl (C=O) groups excluding carboxylic acids is 2. The van der Waals surface area contributed by atoms with Gasteiger partial charge in [-0.25, -0.2) is 0 Å². The maximum absolute atomic E-state index is 12.9. The number of rotatable bonds is 9. The number of hydrogen-bond donors (Lipinski definition) is 0. The number of para-hydroxylation sites is 1. The molecule has 3 aromatic carbocycles. The summed E-state index contributed by atoms with van der Waals surface area (Å²) in [5, 5.41) is 9.89. The Balaban J connectivity index is 1.13. The molecule has 1 saturated heterocycles. The summed E-state index contributed by atoms with van der Waals surface area (Å²) >= 11 is 1.67. The van der Waals surface area contributed by atoms with Crippen LogP contribution in [0.5, 0.6) is 0 Å². The molecular formula is C32H35N5O2S. The van der Waals surface area contributed by atoms with Gasteiger partial charge in [0.05, 0.1) is 0 Å². The Labute approximate surface area is 240 Å². The maximum atomic E-state index is 12.9. The third kappa shape index (κ3) is 6.45. The number of hydrogen-bond acceptors (Lipinski definition) is 5. The Kier molecular flexibility index (Phi) is 8.96. The molecule has 1 fully saturated rings. The molecule has 0 spiro atoms. The van der Waals surface area contributed by atoms with E-state index in [1.165, 1.54) is 5.56 Å². The van der Waals surface area contributed by atoms with Crippen molar-refractivity contribution in [3.63, 3.8) is 0 Å². The fourth-order valence-electron chi connectivity index (χ4n) is 5.00. The smallest absolute Gasteiger partial charge is 0.254 e. The van der Waals surface area contributed by atoms with Gasteiger partial charge in [-0.15, -0.1) is 10.2 Å². The maximum Gasteiger partial charge on any atom is 0.254 e.